The molecule has 1 heterocycles. The average Bonchev–Trinajstić information content (AvgIpc) is 2.41. The van der Waals surface area contributed by atoms with E-state index in [2.05, 4.69) is 9.88 Å². The van der Waals surface area contributed by atoms with Crippen LogP contribution in [0.5, 0.6) is 0 Å². The van der Waals surface area contributed by atoms with E-state index in [0.717, 1.165) is 25.8 Å². The maximum atomic E-state index is 11.5. The summed E-state index contributed by atoms with van der Waals surface area (Å²) < 4.78 is 7.05. The van der Waals surface area contributed by atoms with Crippen molar-refractivity contribution in [2.45, 2.75) is 32.2 Å². The summed E-state index contributed by atoms with van der Waals surface area (Å²) in [4.78, 5) is 11.5. The highest BCUT2D eigenvalue weighted by molar-refractivity contribution is 5.75. The summed E-state index contributed by atoms with van der Waals surface area (Å²) in [5, 5.41) is 2.89. The van der Waals surface area contributed by atoms with Crippen molar-refractivity contribution in [3.63, 3.8) is 0 Å². The van der Waals surface area contributed by atoms with Crippen LogP contribution in [0.4, 0.5) is 0 Å². The van der Waals surface area contributed by atoms with Gasteiger partial charge in [-0.1, -0.05) is 6.07 Å². The lowest BCUT2D eigenvalue weighted by Crippen LogP contribution is -3.00. The van der Waals surface area contributed by atoms with Gasteiger partial charge in [0.15, 0.2) is 12.4 Å². The molecule has 0 bridgehead atoms. The Morgan fingerprint density at radius 1 is 1.16 bits per heavy atom. The van der Waals surface area contributed by atoms with E-state index >= 15 is 0 Å². The number of nitrogens with one attached hydrogen (secondary N) is 1. The Bertz CT molecular complexity index is 333. The lowest BCUT2D eigenvalue weighted by Gasteiger charge is -2.04. The highest BCUT2D eigenvalue weighted by Gasteiger charge is 2.02. The number of unbranched alkanes of at least 4 members (excludes halogenated alkanes) is 1. The number of carbonyl (C=O) groups excluding carboxylic acids is 1. The molecule has 1 rings (SSSR count). The van der Waals surface area contributed by atoms with Crippen molar-refractivity contribution in [2.75, 3.05) is 20.3 Å². The van der Waals surface area contributed by atoms with E-state index in [-0.39, 0.29) is 22.9 Å². The van der Waals surface area contributed by atoms with Gasteiger partial charge in [0.25, 0.3) is 0 Å². The zero-order valence-electron chi connectivity index (χ0n) is 11.5. The zero-order chi connectivity index (χ0) is 13.1. The third-order valence-electron chi connectivity index (χ3n) is 2.69. The number of hydrogen-bond donors (Lipinski definition) is 1. The van der Waals surface area contributed by atoms with E-state index in [1.165, 1.54) is 0 Å². The maximum Gasteiger partial charge on any atom is 0.219 e. The number of methoxy groups -OCH3 is 1. The van der Waals surface area contributed by atoms with Gasteiger partial charge in [-0.2, -0.15) is 0 Å². The fourth-order valence-electron chi connectivity index (χ4n) is 1.70. The van der Waals surface area contributed by atoms with Gasteiger partial charge in [-0.15, -0.1) is 0 Å². The normalized spacial score (nSPS) is 9.74. The minimum Gasteiger partial charge on any atom is -1.00 e. The van der Waals surface area contributed by atoms with Crippen LogP contribution in [0.25, 0.3) is 0 Å². The Balaban J connectivity index is 0.00000324. The van der Waals surface area contributed by atoms with Crippen molar-refractivity contribution in [3.05, 3.63) is 30.6 Å². The van der Waals surface area contributed by atoms with Crippen LogP contribution >= 0.6 is 0 Å². The van der Waals surface area contributed by atoms with E-state index in [9.17, 15) is 4.79 Å². The van der Waals surface area contributed by atoms with Gasteiger partial charge < -0.3 is 27.0 Å². The first-order valence-electron chi connectivity index (χ1n) is 6.52. The first-order valence-corrected chi connectivity index (χ1v) is 6.52. The molecule has 0 radical (unpaired) electrons. The number of halogens is 1. The van der Waals surface area contributed by atoms with Gasteiger partial charge in [0, 0.05) is 45.2 Å². The smallest absolute Gasteiger partial charge is 0.219 e. The summed E-state index contributed by atoms with van der Waals surface area (Å²) in [5.74, 6) is 0.143. The topological polar surface area (TPSA) is 42.2 Å². The molecule has 1 amide bonds. The molecule has 5 heteroatoms. The minimum absolute atomic E-state index is 0. The maximum absolute atomic E-state index is 11.5. The molecular weight excluding hydrogens is 308 g/mol. The predicted octanol–water partition coefficient (Wildman–Crippen LogP) is -1.70. The van der Waals surface area contributed by atoms with Gasteiger partial charge in [-0.3, -0.25) is 4.79 Å². The monoisotopic (exact) mass is 330 g/mol. The van der Waals surface area contributed by atoms with Crippen molar-refractivity contribution in [3.8, 4) is 0 Å². The molecule has 1 aromatic heterocycles. The lowest BCUT2D eigenvalue weighted by atomic mass is 10.2. The largest absolute Gasteiger partial charge is 1.00 e. The first kappa shape index (κ1) is 18.1. The Morgan fingerprint density at radius 3 is 2.58 bits per heavy atom. The molecule has 4 nitrogen and oxygen atoms in total. The Kier molecular flexibility index (Phi) is 11.5. The van der Waals surface area contributed by atoms with Gasteiger partial charge >= 0.3 is 0 Å². The number of nitrogens with zero attached hydrogens (tertiary/aromatic N) is 1. The van der Waals surface area contributed by atoms with Gasteiger partial charge in [-0.05, 0) is 12.8 Å². The highest BCUT2D eigenvalue weighted by atomic mass is 79.9. The van der Waals surface area contributed by atoms with Crippen LogP contribution in [-0.4, -0.2) is 26.2 Å². The fourth-order valence-corrected chi connectivity index (χ4v) is 1.70. The van der Waals surface area contributed by atoms with Gasteiger partial charge in [0.1, 0.15) is 6.54 Å². The third kappa shape index (κ3) is 9.62. The first-order chi connectivity index (χ1) is 8.83. The molecule has 0 spiro atoms. The molecule has 0 aromatic carbocycles. The summed E-state index contributed by atoms with van der Waals surface area (Å²) in [6.45, 7) is 2.38. The summed E-state index contributed by atoms with van der Waals surface area (Å²) in [7, 11) is 1.67. The Hall–Kier alpha value is -0.940. The van der Waals surface area contributed by atoms with Crippen molar-refractivity contribution in [1.82, 2.24) is 5.32 Å². The van der Waals surface area contributed by atoms with E-state index in [4.69, 9.17) is 4.74 Å². The molecule has 0 aliphatic carbocycles. The van der Waals surface area contributed by atoms with E-state index in [1.807, 2.05) is 30.6 Å². The summed E-state index contributed by atoms with van der Waals surface area (Å²) in [5.41, 5.74) is 0. The fraction of sp³-hybridized carbons (Fsp3) is 0.571. The number of hydrogen-bond acceptors (Lipinski definition) is 2. The molecule has 0 aliphatic heterocycles. The van der Waals surface area contributed by atoms with Crippen molar-refractivity contribution in [1.29, 1.82) is 0 Å². The van der Waals surface area contributed by atoms with Crippen molar-refractivity contribution < 1.29 is 31.1 Å². The standard InChI is InChI=1S/C14H22N2O2.BrH/c1-18-13-7-9-15-14(17)8-3-6-12-16-10-4-2-5-11-16;/h2,4-5,10-11H,3,6-9,12-13H2,1H3;1H. The molecule has 1 N–H and O–H groups in total. The molecule has 19 heavy (non-hydrogen) atoms. The molecule has 1 aromatic rings. The molecule has 0 saturated carbocycles. The average molecular weight is 331 g/mol. The predicted molar refractivity (Wildman–Crippen MR) is 70.0 cm³/mol. The zero-order valence-corrected chi connectivity index (χ0v) is 13.1. The Labute approximate surface area is 125 Å². The molecule has 108 valence electrons. The van der Waals surface area contributed by atoms with E-state index in [1.54, 1.807) is 7.11 Å². The summed E-state index contributed by atoms with van der Waals surface area (Å²) >= 11 is 0. The number of aryl methyl sites for hydroxylation is 1. The quantitative estimate of drug-likeness (QED) is 0.433. The third-order valence-corrected chi connectivity index (χ3v) is 2.69. The van der Waals surface area contributed by atoms with E-state index in [0.29, 0.717) is 19.6 Å². The molecule has 0 saturated heterocycles. The van der Waals surface area contributed by atoms with Crippen LogP contribution in [0.3, 0.4) is 0 Å². The van der Waals surface area contributed by atoms with Crippen LogP contribution in [0.2, 0.25) is 0 Å². The molecule has 0 unspecified atom stereocenters. The van der Waals surface area contributed by atoms with Crippen LogP contribution in [-0.2, 0) is 16.1 Å². The van der Waals surface area contributed by atoms with Crippen LogP contribution < -0.4 is 26.9 Å². The van der Waals surface area contributed by atoms with E-state index < -0.39 is 0 Å². The highest BCUT2D eigenvalue weighted by Crippen LogP contribution is 1.95. The molecule has 0 aliphatic rings. The number of carbonyl (C=O) groups is 1. The molecule has 0 fully saturated rings. The Morgan fingerprint density at radius 2 is 1.89 bits per heavy atom. The lowest BCUT2D eigenvalue weighted by molar-refractivity contribution is -0.697. The van der Waals surface area contributed by atoms with Crippen molar-refractivity contribution in [2.24, 2.45) is 0 Å². The van der Waals surface area contributed by atoms with Crippen LogP contribution in [0.15, 0.2) is 30.6 Å². The number of ether oxygens (including phenoxy) is 1. The SMILES string of the molecule is COCCCNC(=O)CCCC[n+]1ccccc1.[Br-]. The summed E-state index contributed by atoms with van der Waals surface area (Å²) in [6.07, 6.45) is 7.54. The molecule has 0 atom stereocenters. The number of pyridine rings is 1. The van der Waals surface area contributed by atoms with Crippen LogP contribution in [0.1, 0.15) is 25.7 Å². The number of rotatable bonds is 9. The van der Waals surface area contributed by atoms with Gasteiger partial charge in [0.2, 0.25) is 5.91 Å². The second-order valence-corrected chi connectivity index (χ2v) is 4.27. The minimum atomic E-state index is 0. The molecular formula is C14H23BrN2O2. The second-order valence-electron chi connectivity index (χ2n) is 4.27. The number of amides is 1. The number of aromatic nitrogens is 1. The summed E-state index contributed by atoms with van der Waals surface area (Å²) in [6, 6.07) is 6.04. The van der Waals surface area contributed by atoms with Crippen LogP contribution in [0, 0.1) is 0 Å². The van der Waals surface area contributed by atoms with Gasteiger partial charge in [0.05, 0.1) is 0 Å². The second kappa shape index (κ2) is 12.1. The van der Waals surface area contributed by atoms with Gasteiger partial charge in [-0.25, -0.2) is 4.57 Å². The van der Waals surface area contributed by atoms with Crippen molar-refractivity contribution >= 4 is 5.91 Å².